The van der Waals surface area contributed by atoms with E-state index in [0.717, 1.165) is 21.9 Å². The summed E-state index contributed by atoms with van der Waals surface area (Å²) in [6.07, 6.45) is 1.00. The van der Waals surface area contributed by atoms with Gasteiger partial charge in [0.1, 0.15) is 5.75 Å². The highest BCUT2D eigenvalue weighted by Crippen LogP contribution is 2.68. The van der Waals surface area contributed by atoms with Crippen molar-refractivity contribution in [2.24, 2.45) is 29.6 Å². The van der Waals surface area contributed by atoms with Crippen LogP contribution in [0.1, 0.15) is 35.6 Å². The van der Waals surface area contributed by atoms with Crippen molar-refractivity contribution in [1.82, 2.24) is 9.88 Å². The first-order valence-electron chi connectivity index (χ1n) is 11.1. The quantitative estimate of drug-likeness (QED) is 0.554. The van der Waals surface area contributed by atoms with Crippen LogP contribution >= 0.6 is 23.1 Å². The summed E-state index contributed by atoms with van der Waals surface area (Å²) in [6.45, 7) is 0.154. The normalized spacial score (nSPS) is 33.8. The number of thiazole rings is 1. The Kier molecular flexibility index (Phi) is 4.74. The fourth-order valence-electron chi connectivity index (χ4n) is 6.74. The summed E-state index contributed by atoms with van der Waals surface area (Å²) in [5, 5.41) is 19.7. The van der Waals surface area contributed by atoms with Gasteiger partial charge in [-0.2, -0.15) is 0 Å². The average molecular weight is 487 g/mol. The maximum Gasteiger partial charge on any atom is 0.305 e. The maximum atomic E-state index is 13.3. The Labute approximate surface area is 197 Å². The second kappa shape index (κ2) is 7.46. The second-order valence-electron chi connectivity index (χ2n) is 9.38. The molecule has 0 unspecified atom stereocenters. The molecule has 2 aliphatic carbocycles. The van der Waals surface area contributed by atoms with E-state index in [1.165, 1.54) is 16.2 Å². The van der Waals surface area contributed by atoms with Gasteiger partial charge in [-0.25, -0.2) is 0 Å². The van der Waals surface area contributed by atoms with Crippen LogP contribution in [0.4, 0.5) is 0 Å². The van der Waals surface area contributed by atoms with Gasteiger partial charge in [0, 0.05) is 29.0 Å². The molecule has 2 amide bonds. The lowest BCUT2D eigenvalue weighted by molar-refractivity contribution is -0.142. The predicted molar refractivity (Wildman–Crippen MR) is 120 cm³/mol. The molecule has 1 aromatic heterocycles. The number of H-pyrrole nitrogens is 1. The van der Waals surface area contributed by atoms with Crippen LogP contribution in [0.25, 0.3) is 0 Å². The molecule has 10 heteroatoms. The number of phenolic OH excluding ortho intramolecular Hbond substituents is 1. The van der Waals surface area contributed by atoms with Gasteiger partial charge in [-0.3, -0.25) is 24.1 Å². The third kappa shape index (κ3) is 3.03. The Balaban J connectivity index is 1.37. The summed E-state index contributed by atoms with van der Waals surface area (Å²) in [4.78, 5) is 54.8. The Morgan fingerprint density at radius 2 is 1.79 bits per heavy atom. The number of hydrogen-bond donors (Lipinski definition) is 3. The number of carboxylic acids is 1. The van der Waals surface area contributed by atoms with Gasteiger partial charge in [0.15, 0.2) is 0 Å². The summed E-state index contributed by atoms with van der Waals surface area (Å²) >= 11 is 2.84. The first kappa shape index (κ1) is 21.0. The average Bonchev–Trinajstić information content (AvgIpc) is 3.49. The third-order valence-electron chi connectivity index (χ3n) is 7.84. The minimum Gasteiger partial charge on any atom is -0.508 e. The number of phenols is 1. The monoisotopic (exact) mass is 486 g/mol. The van der Waals surface area contributed by atoms with E-state index in [2.05, 4.69) is 4.98 Å². The van der Waals surface area contributed by atoms with E-state index in [4.69, 9.17) is 5.11 Å². The van der Waals surface area contributed by atoms with Crippen molar-refractivity contribution in [1.29, 1.82) is 0 Å². The maximum absolute atomic E-state index is 13.3. The molecule has 8 nitrogen and oxygen atoms in total. The summed E-state index contributed by atoms with van der Waals surface area (Å²) in [6, 6.07) is 7.05. The molecule has 33 heavy (non-hydrogen) atoms. The number of aromatic hydroxyl groups is 1. The van der Waals surface area contributed by atoms with E-state index < -0.39 is 5.97 Å². The Hall–Kier alpha value is -2.59. The number of carbonyl (C=O) groups is 3. The van der Waals surface area contributed by atoms with E-state index in [1.54, 1.807) is 23.9 Å². The molecule has 172 valence electrons. The summed E-state index contributed by atoms with van der Waals surface area (Å²) in [7, 11) is 0. The van der Waals surface area contributed by atoms with E-state index in [0.29, 0.717) is 0 Å². The summed E-state index contributed by atoms with van der Waals surface area (Å²) in [5.74, 6) is -1.69. The van der Waals surface area contributed by atoms with E-state index in [1.807, 2.05) is 12.1 Å². The zero-order valence-corrected chi connectivity index (χ0v) is 19.1. The SMILES string of the molecule is O=C(O)CCCN1C(=O)[C@@H]2[C@H]3C[C@@H]([C@@H]4Sc5[nH]c(=O)sc5[C@@H](c5ccc(O)cc5)[C@@H]34)[C@H]2C1=O. The number of amides is 2. The molecular weight excluding hydrogens is 464 g/mol. The Morgan fingerprint density at radius 1 is 1.09 bits per heavy atom. The van der Waals surface area contributed by atoms with Crippen LogP contribution in [0, 0.1) is 29.6 Å². The Bertz CT molecular complexity index is 1220. The highest BCUT2D eigenvalue weighted by molar-refractivity contribution is 8.00. The molecule has 1 aromatic carbocycles. The van der Waals surface area contributed by atoms with Gasteiger partial charge >= 0.3 is 10.8 Å². The lowest BCUT2D eigenvalue weighted by Gasteiger charge is -2.43. The molecule has 2 bridgehead atoms. The first-order valence-corrected chi connectivity index (χ1v) is 12.8. The van der Waals surface area contributed by atoms with E-state index in [-0.39, 0.29) is 82.6 Å². The fourth-order valence-corrected chi connectivity index (χ4v) is 9.63. The van der Waals surface area contributed by atoms with Crippen LogP contribution in [-0.4, -0.2) is 49.7 Å². The molecule has 0 spiro atoms. The van der Waals surface area contributed by atoms with Gasteiger partial charge in [0.05, 0.1) is 16.9 Å². The zero-order valence-electron chi connectivity index (χ0n) is 17.5. The number of aromatic amines is 1. The largest absolute Gasteiger partial charge is 0.508 e. The van der Waals surface area contributed by atoms with Gasteiger partial charge in [-0.15, -0.1) is 11.8 Å². The van der Waals surface area contributed by atoms with Crippen LogP contribution in [0.2, 0.25) is 0 Å². The van der Waals surface area contributed by atoms with Crippen molar-refractivity contribution in [3.8, 4) is 5.75 Å². The molecule has 7 atom stereocenters. The molecule has 4 aliphatic rings. The Morgan fingerprint density at radius 3 is 2.48 bits per heavy atom. The van der Waals surface area contributed by atoms with Crippen LogP contribution in [0.3, 0.4) is 0 Å². The van der Waals surface area contributed by atoms with Crippen molar-refractivity contribution < 1.29 is 24.6 Å². The number of thioether (sulfide) groups is 1. The minimum atomic E-state index is -0.936. The van der Waals surface area contributed by atoms with E-state index >= 15 is 0 Å². The molecular formula is C23H22N2O6S2. The molecule has 6 rings (SSSR count). The molecule has 2 aliphatic heterocycles. The van der Waals surface area contributed by atoms with Crippen LogP contribution < -0.4 is 4.87 Å². The number of imide groups is 1. The number of carbonyl (C=O) groups excluding carboxylic acids is 2. The van der Waals surface area contributed by atoms with Crippen LogP contribution in [-0.2, 0) is 14.4 Å². The lowest BCUT2D eigenvalue weighted by Crippen LogP contribution is -2.42. The molecule has 3 fully saturated rings. The van der Waals surface area contributed by atoms with Gasteiger partial charge in [0.2, 0.25) is 11.8 Å². The summed E-state index contributed by atoms with van der Waals surface area (Å²) < 4.78 is 0. The van der Waals surface area contributed by atoms with Crippen LogP contribution in [0.15, 0.2) is 34.1 Å². The van der Waals surface area contributed by atoms with Crippen molar-refractivity contribution in [2.45, 2.75) is 35.5 Å². The number of hydrogen-bond acceptors (Lipinski definition) is 7. The molecule has 2 aromatic rings. The molecule has 0 radical (unpaired) electrons. The fraction of sp³-hybridized carbons (Fsp3) is 0.478. The number of aromatic nitrogens is 1. The third-order valence-corrected chi connectivity index (χ3v) is 10.4. The summed E-state index contributed by atoms with van der Waals surface area (Å²) in [5.41, 5.74) is 0.999. The molecule has 3 N–H and O–H groups in total. The number of likely N-dealkylation sites (tertiary alicyclic amines) is 1. The highest BCUT2D eigenvalue weighted by atomic mass is 32.2. The van der Waals surface area contributed by atoms with Gasteiger partial charge < -0.3 is 15.2 Å². The molecule has 3 heterocycles. The van der Waals surface area contributed by atoms with E-state index in [9.17, 15) is 24.3 Å². The number of rotatable bonds is 5. The van der Waals surface area contributed by atoms with Gasteiger partial charge in [-0.1, -0.05) is 23.5 Å². The standard InChI is InChI=1S/C23H22N2O6S2/c26-10-5-3-9(4-6-10)14-15-11-8-12(18(15)32-20-19(14)33-23(31)24-20)17-16(11)21(29)25(22(17)30)7-1-2-13(27)28/h3-6,11-12,14-18,26H,1-2,7-8H2,(H,24,31)(H,27,28)/t11-,12+,14-,15+,16+,17+,18-/m0/s1. The minimum absolute atomic E-state index is 0.0302. The van der Waals surface area contributed by atoms with Gasteiger partial charge in [-0.05, 0) is 48.3 Å². The number of nitrogens with zero attached hydrogens (tertiary/aromatic N) is 1. The number of aliphatic carboxylic acids is 1. The second-order valence-corrected chi connectivity index (χ2v) is 11.6. The molecule has 1 saturated heterocycles. The van der Waals surface area contributed by atoms with Crippen molar-refractivity contribution in [2.75, 3.05) is 6.54 Å². The smallest absolute Gasteiger partial charge is 0.305 e. The van der Waals surface area contributed by atoms with Crippen LogP contribution in [0.5, 0.6) is 5.75 Å². The first-order chi connectivity index (χ1) is 15.8. The zero-order chi connectivity index (χ0) is 23.0. The predicted octanol–water partition coefficient (Wildman–Crippen LogP) is 2.48. The van der Waals surface area contributed by atoms with Crippen molar-refractivity contribution >= 4 is 40.9 Å². The van der Waals surface area contributed by atoms with Gasteiger partial charge in [0.25, 0.3) is 0 Å². The topological polar surface area (TPSA) is 128 Å². The number of fused-ring (bicyclic) bond motifs is 9. The van der Waals surface area contributed by atoms with Crippen molar-refractivity contribution in [3.63, 3.8) is 0 Å². The number of nitrogens with one attached hydrogen (secondary N) is 1. The number of benzene rings is 1. The molecule has 2 saturated carbocycles. The highest BCUT2D eigenvalue weighted by Gasteiger charge is 2.69. The lowest BCUT2D eigenvalue weighted by atomic mass is 9.68. The number of carboxylic acid groups (broad SMARTS) is 1. The van der Waals surface area contributed by atoms with Crippen molar-refractivity contribution in [3.05, 3.63) is 44.4 Å².